The summed E-state index contributed by atoms with van der Waals surface area (Å²) in [5.74, 6) is -2.57. The number of carboxylic acid groups (broad SMARTS) is 1. The Morgan fingerprint density at radius 3 is 2.57 bits per heavy atom. The molecule has 1 fully saturated rings. The van der Waals surface area contributed by atoms with Crippen LogP contribution in [0.4, 0.5) is 13.2 Å². The van der Waals surface area contributed by atoms with Crippen molar-refractivity contribution in [2.24, 2.45) is 5.41 Å². The largest absolute Gasteiger partial charge is 0.481 e. The highest BCUT2D eigenvalue weighted by atomic mass is 19.4. The molecule has 1 N–H and O–H groups in total. The number of likely N-dealkylation sites (tertiary alicyclic amines) is 1. The van der Waals surface area contributed by atoms with Gasteiger partial charge in [0.25, 0.3) is 5.91 Å². The predicted molar refractivity (Wildman–Crippen MR) is 65.6 cm³/mol. The Morgan fingerprint density at radius 1 is 1.43 bits per heavy atom. The van der Waals surface area contributed by atoms with Gasteiger partial charge in [-0.25, -0.2) is 0 Å². The summed E-state index contributed by atoms with van der Waals surface area (Å²) in [6, 6.07) is 2.85. The van der Waals surface area contributed by atoms with Crippen molar-refractivity contribution < 1.29 is 27.9 Å². The van der Waals surface area contributed by atoms with Crippen LogP contribution in [-0.2, 0) is 4.79 Å². The third-order valence-corrected chi connectivity index (χ3v) is 3.65. The fourth-order valence-corrected chi connectivity index (χ4v) is 2.37. The van der Waals surface area contributed by atoms with E-state index < -0.39 is 36.4 Å². The standard InChI is InChI=1S/C13H13F3N2O3/c1-8-6-9(2-4-17-8)10(19)18-5-3-12(7-18,11(20)21)13(14,15)16/h2,4,6H,3,5,7H2,1H3,(H,20,21). The zero-order chi connectivity index (χ0) is 15.8. The van der Waals surface area contributed by atoms with Gasteiger partial charge in [-0.2, -0.15) is 13.2 Å². The fourth-order valence-electron chi connectivity index (χ4n) is 2.37. The maximum atomic E-state index is 13.0. The molecule has 1 saturated heterocycles. The average Bonchev–Trinajstić information content (AvgIpc) is 2.83. The number of rotatable bonds is 2. The second-order valence-electron chi connectivity index (χ2n) is 5.05. The average molecular weight is 302 g/mol. The van der Waals surface area contributed by atoms with Gasteiger partial charge in [0, 0.05) is 30.5 Å². The van der Waals surface area contributed by atoms with Crippen molar-refractivity contribution in [2.45, 2.75) is 19.5 Å². The van der Waals surface area contributed by atoms with Crippen molar-refractivity contribution in [3.63, 3.8) is 0 Å². The van der Waals surface area contributed by atoms with Crippen LogP contribution < -0.4 is 0 Å². The molecule has 1 aliphatic rings. The third-order valence-electron chi connectivity index (χ3n) is 3.65. The molecular formula is C13H13F3N2O3. The van der Waals surface area contributed by atoms with Gasteiger partial charge in [-0.3, -0.25) is 14.6 Å². The number of nitrogens with zero attached hydrogens (tertiary/aromatic N) is 2. The minimum absolute atomic E-state index is 0.200. The lowest BCUT2D eigenvalue weighted by Gasteiger charge is -2.27. The van der Waals surface area contributed by atoms with Crippen molar-refractivity contribution in [3.8, 4) is 0 Å². The van der Waals surface area contributed by atoms with Crippen LogP contribution in [0.5, 0.6) is 0 Å². The first kappa shape index (κ1) is 15.3. The van der Waals surface area contributed by atoms with Gasteiger partial charge >= 0.3 is 12.1 Å². The molecule has 1 atom stereocenters. The summed E-state index contributed by atoms with van der Waals surface area (Å²) in [4.78, 5) is 28.1. The fraction of sp³-hybridized carbons (Fsp3) is 0.462. The number of halogens is 3. The number of hydrogen-bond acceptors (Lipinski definition) is 3. The number of amides is 1. The zero-order valence-corrected chi connectivity index (χ0v) is 11.1. The predicted octanol–water partition coefficient (Wildman–Crippen LogP) is 1.87. The molecule has 0 aromatic carbocycles. The second kappa shape index (κ2) is 5.01. The van der Waals surface area contributed by atoms with Crippen LogP contribution in [0.1, 0.15) is 22.5 Å². The summed E-state index contributed by atoms with van der Waals surface area (Å²) in [5, 5.41) is 8.95. The van der Waals surface area contributed by atoms with E-state index in [-0.39, 0.29) is 12.1 Å². The molecule has 1 aliphatic heterocycles. The smallest absolute Gasteiger partial charge is 0.406 e. The quantitative estimate of drug-likeness (QED) is 0.905. The van der Waals surface area contributed by atoms with Crippen LogP contribution in [0.2, 0.25) is 0 Å². The lowest BCUT2D eigenvalue weighted by molar-refractivity contribution is -0.227. The van der Waals surface area contributed by atoms with E-state index in [1.54, 1.807) is 6.92 Å². The summed E-state index contributed by atoms with van der Waals surface area (Å²) in [7, 11) is 0. The number of aryl methyl sites for hydroxylation is 1. The monoisotopic (exact) mass is 302 g/mol. The highest BCUT2D eigenvalue weighted by molar-refractivity contribution is 5.95. The summed E-state index contributed by atoms with van der Waals surface area (Å²) >= 11 is 0. The normalized spacial score (nSPS) is 22.4. The third kappa shape index (κ3) is 2.57. The summed E-state index contributed by atoms with van der Waals surface area (Å²) < 4.78 is 39.1. The zero-order valence-electron chi connectivity index (χ0n) is 11.1. The second-order valence-corrected chi connectivity index (χ2v) is 5.05. The van der Waals surface area contributed by atoms with Gasteiger partial charge in [0.05, 0.1) is 0 Å². The molecule has 8 heteroatoms. The lowest BCUT2D eigenvalue weighted by atomic mass is 9.86. The number of pyridine rings is 1. The van der Waals surface area contributed by atoms with Gasteiger partial charge in [-0.15, -0.1) is 0 Å². The SMILES string of the molecule is Cc1cc(C(=O)N2CCC(C(=O)O)(C(F)(F)F)C2)ccn1. The molecule has 0 radical (unpaired) electrons. The van der Waals surface area contributed by atoms with Crippen molar-refractivity contribution in [3.05, 3.63) is 29.6 Å². The lowest BCUT2D eigenvalue weighted by Crippen LogP contribution is -2.47. The van der Waals surface area contributed by atoms with E-state index in [4.69, 9.17) is 5.11 Å². The molecule has 0 bridgehead atoms. The van der Waals surface area contributed by atoms with E-state index in [2.05, 4.69) is 4.98 Å². The van der Waals surface area contributed by atoms with Crippen LogP contribution in [0.3, 0.4) is 0 Å². The van der Waals surface area contributed by atoms with E-state index in [1.807, 2.05) is 0 Å². The highest BCUT2D eigenvalue weighted by Crippen LogP contribution is 2.45. The van der Waals surface area contributed by atoms with Crippen LogP contribution in [0.25, 0.3) is 0 Å². The molecular weight excluding hydrogens is 289 g/mol. The van der Waals surface area contributed by atoms with Crippen molar-refractivity contribution >= 4 is 11.9 Å². The number of carbonyl (C=O) groups is 2. The maximum Gasteiger partial charge on any atom is 0.406 e. The number of hydrogen-bond donors (Lipinski definition) is 1. The van der Waals surface area contributed by atoms with Crippen molar-refractivity contribution in [2.75, 3.05) is 13.1 Å². The van der Waals surface area contributed by atoms with Crippen molar-refractivity contribution in [1.82, 2.24) is 9.88 Å². The number of aromatic nitrogens is 1. The van der Waals surface area contributed by atoms with Crippen molar-refractivity contribution in [1.29, 1.82) is 0 Å². The maximum absolute atomic E-state index is 13.0. The minimum atomic E-state index is -4.90. The van der Waals surface area contributed by atoms with E-state index in [0.29, 0.717) is 5.69 Å². The molecule has 0 spiro atoms. The van der Waals surface area contributed by atoms with Gasteiger partial charge in [0.2, 0.25) is 0 Å². The highest BCUT2D eigenvalue weighted by Gasteiger charge is 2.64. The van der Waals surface area contributed by atoms with Crippen LogP contribution in [-0.4, -0.2) is 46.1 Å². The first-order valence-corrected chi connectivity index (χ1v) is 6.19. The first-order valence-electron chi connectivity index (χ1n) is 6.19. The van der Waals surface area contributed by atoms with Gasteiger partial charge < -0.3 is 10.0 Å². The van der Waals surface area contributed by atoms with E-state index in [1.165, 1.54) is 18.3 Å². The Balaban J connectivity index is 2.26. The molecule has 1 aromatic rings. The molecule has 2 rings (SSSR count). The Kier molecular flexibility index (Phi) is 3.65. The molecule has 0 saturated carbocycles. The minimum Gasteiger partial charge on any atom is -0.481 e. The first-order chi connectivity index (χ1) is 9.67. The molecule has 1 unspecified atom stereocenters. The molecule has 5 nitrogen and oxygen atoms in total. The Bertz CT molecular complexity index is 588. The van der Waals surface area contributed by atoms with Crippen LogP contribution in [0, 0.1) is 12.3 Å². The summed E-state index contributed by atoms with van der Waals surface area (Å²) in [5.41, 5.74) is -2.13. The van der Waals surface area contributed by atoms with Crippen LogP contribution in [0.15, 0.2) is 18.3 Å². The Morgan fingerprint density at radius 2 is 2.10 bits per heavy atom. The topological polar surface area (TPSA) is 70.5 Å². The number of alkyl halides is 3. The molecule has 1 aromatic heterocycles. The Hall–Kier alpha value is -2.12. The van der Waals surface area contributed by atoms with Gasteiger partial charge in [0.15, 0.2) is 5.41 Å². The summed E-state index contributed by atoms with van der Waals surface area (Å²) in [6.07, 6.45) is -4.16. The molecule has 1 amide bonds. The molecule has 2 heterocycles. The Labute approximate surface area is 118 Å². The van der Waals surface area contributed by atoms with Crippen LogP contribution >= 0.6 is 0 Å². The number of aliphatic carboxylic acids is 1. The van der Waals surface area contributed by atoms with Gasteiger partial charge in [-0.1, -0.05) is 0 Å². The van der Waals surface area contributed by atoms with Gasteiger partial charge in [0.1, 0.15) is 0 Å². The van der Waals surface area contributed by atoms with Gasteiger partial charge in [-0.05, 0) is 25.5 Å². The van der Waals surface area contributed by atoms with E-state index in [0.717, 1.165) is 4.90 Å². The van der Waals surface area contributed by atoms with E-state index in [9.17, 15) is 22.8 Å². The molecule has 21 heavy (non-hydrogen) atoms. The van der Waals surface area contributed by atoms with E-state index >= 15 is 0 Å². The number of carboxylic acids is 1. The number of carbonyl (C=O) groups excluding carboxylic acids is 1. The summed E-state index contributed by atoms with van der Waals surface area (Å²) in [6.45, 7) is 0.538. The molecule has 114 valence electrons. The molecule has 0 aliphatic carbocycles.